The van der Waals surface area contributed by atoms with Crippen LogP contribution in [0.15, 0.2) is 0 Å². The third kappa shape index (κ3) is 40.8. The van der Waals surface area contributed by atoms with Crippen molar-refractivity contribution in [1.29, 1.82) is 0 Å². The number of hydrogen-bond donors (Lipinski definition) is 0. The van der Waals surface area contributed by atoms with E-state index in [1.165, 1.54) is 25.7 Å². The topological polar surface area (TPSA) is 191 Å². The molecule has 1 aliphatic rings. The third-order valence-corrected chi connectivity index (χ3v) is 14.7. The van der Waals surface area contributed by atoms with Crippen molar-refractivity contribution in [3.63, 3.8) is 0 Å². The summed E-state index contributed by atoms with van der Waals surface area (Å²) in [5.41, 5.74) is 0. The summed E-state index contributed by atoms with van der Waals surface area (Å²) in [5.74, 6) is -3.90. The van der Waals surface area contributed by atoms with E-state index in [0.29, 0.717) is 57.9 Å². The fraction of sp³-hybridized carbons (Fsp3) is 0.889. The van der Waals surface area contributed by atoms with E-state index < -0.39 is 42.0 Å². The van der Waals surface area contributed by atoms with E-state index in [2.05, 4.69) is 46.4 Å². The van der Waals surface area contributed by atoms with Crippen LogP contribution in [-0.4, -0.2) is 130 Å². The summed E-state index contributed by atoms with van der Waals surface area (Å²) in [6, 6.07) is -1.22. The minimum absolute atomic E-state index is 0.111. The lowest BCUT2D eigenvalue weighted by Gasteiger charge is -2.35. The molecule has 16 nitrogen and oxygen atoms in total. The van der Waals surface area contributed by atoms with Gasteiger partial charge in [0.05, 0.1) is 51.4 Å². The molecule has 79 heavy (non-hydrogen) atoms. The first-order valence-corrected chi connectivity index (χ1v) is 32.0. The van der Waals surface area contributed by atoms with Gasteiger partial charge in [0.1, 0.15) is 19.8 Å². The minimum Gasteiger partial charge on any atom is -0.465 e. The highest BCUT2D eigenvalue weighted by Gasteiger charge is 2.36. The van der Waals surface area contributed by atoms with E-state index >= 15 is 0 Å². The predicted octanol–water partition coefficient (Wildman–Crippen LogP) is 14.1. The van der Waals surface area contributed by atoms with Gasteiger partial charge in [0.15, 0.2) is 0 Å². The zero-order chi connectivity index (χ0) is 58.0. The SMILES string of the molecule is CCCCCCCCC(=O)OCC(COC(=O)CCCCCCCC)CC(=O)OC[C@H]1CCCC[C@@H](COC(=O)CC(COC(=O)CCCCCCCC)COC(=O)CCCCCCCC)N1C(=O)OCCN(CCC)CCC. The fourth-order valence-electron chi connectivity index (χ4n) is 9.90. The lowest BCUT2D eigenvalue weighted by molar-refractivity contribution is -0.156. The van der Waals surface area contributed by atoms with E-state index in [9.17, 15) is 33.6 Å². The molecule has 0 bridgehead atoms. The van der Waals surface area contributed by atoms with E-state index in [4.69, 9.17) is 33.2 Å². The largest absolute Gasteiger partial charge is 0.465 e. The first-order chi connectivity index (χ1) is 38.4. The van der Waals surface area contributed by atoms with Gasteiger partial charge in [0, 0.05) is 44.1 Å². The number of carbonyl (C=O) groups is 7. The molecule has 0 radical (unpaired) electrons. The van der Waals surface area contributed by atoms with Gasteiger partial charge in [0.2, 0.25) is 0 Å². The molecule has 1 fully saturated rings. The smallest absolute Gasteiger partial charge is 0.410 e. The van der Waals surface area contributed by atoms with Crippen LogP contribution in [0.2, 0.25) is 0 Å². The van der Waals surface area contributed by atoms with Crippen molar-refractivity contribution in [2.24, 2.45) is 11.8 Å². The van der Waals surface area contributed by atoms with Crippen LogP contribution in [0.1, 0.15) is 273 Å². The van der Waals surface area contributed by atoms with Crippen molar-refractivity contribution >= 4 is 41.9 Å². The van der Waals surface area contributed by atoms with Crippen LogP contribution < -0.4 is 0 Å². The molecule has 0 aromatic rings. The number of hydrogen-bond acceptors (Lipinski definition) is 15. The first kappa shape index (κ1) is 73.1. The lowest BCUT2D eigenvalue weighted by atomic mass is 10.1. The van der Waals surface area contributed by atoms with Crippen LogP contribution in [0.5, 0.6) is 0 Å². The van der Waals surface area contributed by atoms with Gasteiger partial charge < -0.3 is 33.2 Å². The lowest BCUT2D eigenvalue weighted by Crippen LogP contribution is -2.51. The maximum absolute atomic E-state index is 14.3. The summed E-state index contributed by atoms with van der Waals surface area (Å²) in [4.78, 5) is 96.7. The molecule has 0 aliphatic carbocycles. The zero-order valence-electron chi connectivity index (χ0n) is 50.9. The van der Waals surface area contributed by atoms with Gasteiger partial charge >= 0.3 is 41.9 Å². The van der Waals surface area contributed by atoms with E-state index in [-0.39, 0.29) is 109 Å². The van der Waals surface area contributed by atoms with Gasteiger partial charge in [-0.05, 0) is 64.5 Å². The molecule has 0 aromatic heterocycles. The van der Waals surface area contributed by atoms with E-state index in [0.717, 1.165) is 129 Å². The molecule has 0 unspecified atom stereocenters. The second kappa shape index (κ2) is 51.0. The molecule has 1 saturated heterocycles. The van der Waals surface area contributed by atoms with Crippen molar-refractivity contribution in [1.82, 2.24) is 9.80 Å². The van der Waals surface area contributed by atoms with E-state index in [1.54, 1.807) is 4.90 Å². The molecule has 1 heterocycles. The molecule has 0 saturated carbocycles. The van der Waals surface area contributed by atoms with Crippen molar-refractivity contribution in [3.05, 3.63) is 0 Å². The molecule has 460 valence electrons. The van der Waals surface area contributed by atoms with Crippen LogP contribution in [0, 0.1) is 11.8 Å². The van der Waals surface area contributed by atoms with Crippen LogP contribution >= 0.6 is 0 Å². The molecule has 16 heteroatoms. The van der Waals surface area contributed by atoms with Gasteiger partial charge in [-0.2, -0.15) is 0 Å². The molecule has 0 aromatic carbocycles. The molecule has 1 amide bonds. The number of nitrogens with zero attached hydrogens (tertiary/aromatic N) is 2. The molecule has 2 atom stereocenters. The Kier molecular flexibility index (Phi) is 47.1. The summed E-state index contributed by atoms with van der Waals surface area (Å²) in [6.45, 7) is 14.5. The van der Waals surface area contributed by atoms with Gasteiger partial charge in [0.25, 0.3) is 0 Å². The zero-order valence-corrected chi connectivity index (χ0v) is 50.9. The Bertz CT molecular complexity index is 1410. The summed E-state index contributed by atoms with van der Waals surface area (Å²) in [7, 11) is 0. The van der Waals surface area contributed by atoms with Crippen molar-refractivity contribution in [2.45, 2.75) is 285 Å². The van der Waals surface area contributed by atoms with Gasteiger partial charge in [-0.3, -0.25) is 38.6 Å². The van der Waals surface area contributed by atoms with Crippen LogP contribution in [0.25, 0.3) is 0 Å². The third-order valence-electron chi connectivity index (χ3n) is 14.7. The molecule has 1 rings (SSSR count). The summed E-state index contributed by atoms with van der Waals surface area (Å²) in [6.07, 6.45) is 29.0. The van der Waals surface area contributed by atoms with Crippen molar-refractivity contribution in [3.8, 4) is 0 Å². The Labute approximate surface area is 479 Å². The summed E-state index contributed by atoms with van der Waals surface area (Å²) >= 11 is 0. The maximum Gasteiger partial charge on any atom is 0.410 e. The highest BCUT2D eigenvalue weighted by molar-refractivity contribution is 5.73. The first-order valence-electron chi connectivity index (χ1n) is 32.0. The fourth-order valence-corrected chi connectivity index (χ4v) is 9.90. The molecular weight excluding hydrogens is 1010 g/mol. The van der Waals surface area contributed by atoms with Crippen LogP contribution in [-0.2, 0) is 61.9 Å². The average Bonchev–Trinajstić information content (AvgIpc) is 3.66. The number of likely N-dealkylation sites (tertiary alicyclic amines) is 1. The van der Waals surface area contributed by atoms with E-state index in [1.807, 2.05) is 0 Å². The number of rotatable bonds is 51. The van der Waals surface area contributed by atoms with Crippen LogP contribution in [0.4, 0.5) is 4.79 Å². The highest BCUT2D eigenvalue weighted by atomic mass is 16.6. The Morgan fingerprint density at radius 3 is 0.975 bits per heavy atom. The van der Waals surface area contributed by atoms with Gasteiger partial charge in [-0.25, -0.2) is 4.79 Å². The number of amides is 1. The highest BCUT2D eigenvalue weighted by Crippen LogP contribution is 2.26. The number of carbonyl (C=O) groups excluding carboxylic acids is 7. The van der Waals surface area contributed by atoms with Gasteiger partial charge in [-0.1, -0.05) is 183 Å². The normalized spacial score (nSPS) is 14.5. The minimum atomic E-state index is -0.637. The second-order valence-electron chi connectivity index (χ2n) is 22.3. The van der Waals surface area contributed by atoms with Crippen molar-refractivity contribution in [2.75, 3.05) is 65.9 Å². The monoisotopic (exact) mass is 1120 g/mol. The molecule has 1 aliphatic heterocycles. The Morgan fingerprint density at radius 2 is 0.671 bits per heavy atom. The average molecular weight is 1120 g/mol. The Morgan fingerprint density at radius 1 is 0.367 bits per heavy atom. The standard InChI is InChI=1S/C63H114N2O14/c1-7-13-17-21-25-29-37-57(66)74-47-53(48-75-58(67)38-30-26-22-18-14-8-2)45-61(70)78-51-55-35-33-34-36-56(65(55)63(72)73-44-43-64(41-11-5)42-12-6)52-79-62(71)46-54(49-76-59(68)39-31-27-23-19-15-9-3)50-77-60(69)40-32-28-24-20-16-10-4/h53-56H,7-52H2,1-6H3/t55-,56+. The summed E-state index contributed by atoms with van der Waals surface area (Å²) < 4.78 is 40.4. The molecular formula is C63H114N2O14. The number of unbranched alkanes of at least 4 members (excludes halogenated alkanes) is 20. The second-order valence-corrected chi connectivity index (χ2v) is 22.3. The van der Waals surface area contributed by atoms with Gasteiger partial charge in [-0.15, -0.1) is 0 Å². The molecule has 0 N–H and O–H groups in total. The molecule has 0 spiro atoms. The number of esters is 6. The predicted molar refractivity (Wildman–Crippen MR) is 310 cm³/mol. The Hall–Kier alpha value is -3.95. The van der Waals surface area contributed by atoms with Crippen LogP contribution in [0.3, 0.4) is 0 Å². The maximum atomic E-state index is 14.3. The summed E-state index contributed by atoms with van der Waals surface area (Å²) in [5, 5.41) is 0. The quantitative estimate of drug-likeness (QED) is 0.0317. The number of ether oxygens (including phenoxy) is 7. The Balaban J connectivity index is 3.21. The van der Waals surface area contributed by atoms with Crippen molar-refractivity contribution < 1.29 is 66.7 Å².